The molecule has 0 bridgehead atoms. The molecular weight excluding hydrogens is 538 g/mol. The number of sulfonamides is 1. The molecule has 41 heavy (non-hydrogen) atoms. The molecule has 0 aliphatic heterocycles. The van der Waals surface area contributed by atoms with Crippen LogP contribution in [0.15, 0.2) is 78.9 Å². The van der Waals surface area contributed by atoms with Crippen molar-refractivity contribution in [3.8, 4) is 5.75 Å². The average molecular weight is 580 g/mol. The van der Waals surface area contributed by atoms with Gasteiger partial charge >= 0.3 is 0 Å². The summed E-state index contributed by atoms with van der Waals surface area (Å²) in [5.41, 5.74) is 3.37. The molecular formula is C32H41N3O5S. The Hall–Kier alpha value is -3.85. The number of nitrogens with one attached hydrogen (secondary N) is 1. The molecule has 1 N–H and O–H groups in total. The van der Waals surface area contributed by atoms with Crippen molar-refractivity contribution in [1.82, 2.24) is 10.2 Å². The van der Waals surface area contributed by atoms with E-state index >= 15 is 0 Å². The third-order valence-corrected chi connectivity index (χ3v) is 7.86. The molecule has 220 valence electrons. The minimum atomic E-state index is -3.64. The first kappa shape index (κ1) is 31.7. The lowest BCUT2D eigenvalue weighted by atomic mass is 10.0. The Morgan fingerprint density at radius 3 is 2.15 bits per heavy atom. The van der Waals surface area contributed by atoms with E-state index in [0.717, 1.165) is 22.9 Å². The van der Waals surface area contributed by atoms with Crippen LogP contribution in [0, 0.1) is 6.92 Å². The molecule has 0 radical (unpaired) electrons. The molecule has 8 nitrogen and oxygen atoms in total. The third-order valence-electron chi connectivity index (χ3n) is 6.68. The molecule has 2 amide bonds. The number of rotatable bonds is 14. The molecule has 0 aliphatic rings. The first-order chi connectivity index (χ1) is 19.5. The Labute approximate surface area is 244 Å². The summed E-state index contributed by atoms with van der Waals surface area (Å²) < 4.78 is 32.1. The van der Waals surface area contributed by atoms with E-state index in [9.17, 15) is 18.0 Å². The second-order valence-corrected chi connectivity index (χ2v) is 12.4. The van der Waals surface area contributed by atoms with Gasteiger partial charge in [0.15, 0.2) is 0 Å². The van der Waals surface area contributed by atoms with Gasteiger partial charge in [0.05, 0.1) is 19.1 Å². The number of aryl methyl sites for hydroxylation is 1. The quantitative estimate of drug-likeness (QED) is 0.298. The maximum Gasteiger partial charge on any atom is 0.243 e. The highest BCUT2D eigenvalue weighted by atomic mass is 32.2. The molecule has 0 saturated heterocycles. The third kappa shape index (κ3) is 9.35. The van der Waals surface area contributed by atoms with Gasteiger partial charge in [0.2, 0.25) is 21.8 Å². The number of anilines is 1. The average Bonchev–Trinajstić information content (AvgIpc) is 2.93. The fraction of sp³-hybridized carbons (Fsp3) is 0.375. The second kappa shape index (κ2) is 14.7. The van der Waals surface area contributed by atoms with E-state index in [1.165, 1.54) is 11.4 Å². The van der Waals surface area contributed by atoms with E-state index in [-0.39, 0.29) is 43.8 Å². The fourth-order valence-corrected chi connectivity index (χ4v) is 5.61. The first-order valence-electron chi connectivity index (χ1n) is 13.8. The van der Waals surface area contributed by atoms with Gasteiger partial charge in [0.1, 0.15) is 11.8 Å². The van der Waals surface area contributed by atoms with Crippen LogP contribution >= 0.6 is 0 Å². The molecule has 9 heteroatoms. The smallest absolute Gasteiger partial charge is 0.243 e. The number of ether oxygens (including phenoxy) is 1. The van der Waals surface area contributed by atoms with Gasteiger partial charge in [-0.25, -0.2) is 8.42 Å². The highest BCUT2D eigenvalue weighted by Crippen LogP contribution is 2.30. The maximum absolute atomic E-state index is 13.9. The highest BCUT2D eigenvalue weighted by Gasteiger charge is 2.31. The molecule has 1 atom stereocenters. The Morgan fingerprint density at radius 2 is 1.54 bits per heavy atom. The van der Waals surface area contributed by atoms with Crippen molar-refractivity contribution in [2.45, 2.75) is 58.7 Å². The number of benzene rings is 3. The van der Waals surface area contributed by atoms with Crippen molar-refractivity contribution in [2.24, 2.45) is 0 Å². The Morgan fingerprint density at radius 1 is 0.902 bits per heavy atom. The van der Waals surface area contributed by atoms with Crippen LogP contribution < -0.4 is 14.4 Å². The predicted molar refractivity (Wildman–Crippen MR) is 163 cm³/mol. The van der Waals surface area contributed by atoms with Crippen LogP contribution in [0.2, 0.25) is 0 Å². The minimum Gasteiger partial charge on any atom is -0.495 e. The number of nitrogens with zero attached hydrogens (tertiary/aromatic N) is 2. The zero-order valence-corrected chi connectivity index (χ0v) is 25.4. The highest BCUT2D eigenvalue weighted by molar-refractivity contribution is 7.92. The number of carbonyl (C=O) groups excluding carboxylic acids is 2. The van der Waals surface area contributed by atoms with Crippen LogP contribution in [0.25, 0.3) is 0 Å². The molecule has 0 heterocycles. The summed E-state index contributed by atoms with van der Waals surface area (Å²) in [6, 6.07) is 23.6. The minimum absolute atomic E-state index is 0.0628. The Balaban J connectivity index is 1.89. The van der Waals surface area contributed by atoms with E-state index in [1.54, 1.807) is 29.2 Å². The summed E-state index contributed by atoms with van der Waals surface area (Å²) in [7, 11) is -2.15. The molecule has 0 aliphatic carbocycles. The summed E-state index contributed by atoms with van der Waals surface area (Å²) >= 11 is 0. The lowest BCUT2D eigenvalue weighted by Crippen LogP contribution is -2.51. The Bertz CT molecular complexity index is 1390. The summed E-state index contributed by atoms with van der Waals surface area (Å²) in [6.07, 6.45) is 1.82. The number of hydrogen-bond donors (Lipinski definition) is 1. The van der Waals surface area contributed by atoms with E-state index in [4.69, 9.17) is 4.74 Å². The summed E-state index contributed by atoms with van der Waals surface area (Å²) in [4.78, 5) is 29.0. The van der Waals surface area contributed by atoms with Crippen molar-refractivity contribution < 1.29 is 22.7 Å². The molecule has 3 aromatic rings. The normalized spacial score (nSPS) is 12.0. The van der Waals surface area contributed by atoms with Crippen molar-refractivity contribution in [2.75, 3.05) is 24.2 Å². The van der Waals surface area contributed by atoms with Gasteiger partial charge in [-0.05, 0) is 50.5 Å². The summed E-state index contributed by atoms with van der Waals surface area (Å²) in [6.45, 7) is 6.12. The van der Waals surface area contributed by atoms with Gasteiger partial charge in [0.25, 0.3) is 0 Å². The van der Waals surface area contributed by atoms with Gasteiger partial charge in [-0.15, -0.1) is 0 Å². The standard InChI is InChI=1S/C32H41N3O5S/c1-24(2)33-32(37)29(22-26-12-7-6-8-13-26)34(23-27-19-17-25(3)18-20-27)31(36)16-11-21-35(41(5,38)39)28-14-9-10-15-30(28)40-4/h6-10,12-15,17-20,24,29H,11,16,21-23H2,1-5H3,(H,33,37). The van der Waals surface area contributed by atoms with Crippen LogP contribution in [-0.4, -0.2) is 57.1 Å². The van der Waals surface area contributed by atoms with Crippen molar-refractivity contribution in [3.05, 3.63) is 95.6 Å². The maximum atomic E-state index is 13.9. The molecule has 0 saturated carbocycles. The summed E-state index contributed by atoms with van der Waals surface area (Å²) in [5.74, 6) is -0.0199. The van der Waals surface area contributed by atoms with E-state index in [0.29, 0.717) is 17.9 Å². The van der Waals surface area contributed by atoms with Crippen LogP contribution in [-0.2, 0) is 32.6 Å². The second-order valence-electron chi connectivity index (χ2n) is 10.5. The number of para-hydroxylation sites is 2. The lowest BCUT2D eigenvalue weighted by molar-refractivity contribution is -0.141. The van der Waals surface area contributed by atoms with Crippen molar-refractivity contribution in [3.63, 3.8) is 0 Å². The number of methoxy groups -OCH3 is 1. The predicted octanol–water partition coefficient (Wildman–Crippen LogP) is 4.71. The molecule has 0 aromatic heterocycles. The number of carbonyl (C=O) groups is 2. The lowest BCUT2D eigenvalue weighted by Gasteiger charge is -2.32. The van der Waals surface area contributed by atoms with Crippen LogP contribution in [0.4, 0.5) is 5.69 Å². The monoisotopic (exact) mass is 579 g/mol. The van der Waals surface area contributed by atoms with E-state index < -0.39 is 16.1 Å². The molecule has 3 aromatic carbocycles. The van der Waals surface area contributed by atoms with Crippen LogP contribution in [0.3, 0.4) is 0 Å². The van der Waals surface area contributed by atoms with Gasteiger partial charge < -0.3 is 15.0 Å². The summed E-state index contributed by atoms with van der Waals surface area (Å²) in [5, 5.41) is 2.99. The van der Waals surface area contributed by atoms with Gasteiger partial charge in [-0.2, -0.15) is 0 Å². The number of amides is 2. The Kier molecular flexibility index (Phi) is 11.3. The number of hydrogen-bond acceptors (Lipinski definition) is 5. The molecule has 0 spiro atoms. The zero-order chi connectivity index (χ0) is 30.0. The van der Waals surface area contributed by atoms with Crippen molar-refractivity contribution >= 4 is 27.5 Å². The molecule has 0 fully saturated rings. The topological polar surface area (TPSA) is 96.0 Å². The molecule has 1 unspecified atom stereocenters. The van der Waals surface area contributed by atoms with Gasteiger partial charge in [0, 0.05) is 32.0 Å². The largest absolute Gasteiger partial charge is 0.495 e. The van der Waals surface area contributed by atoms with Crippen LogP contribution in [0.5, 0.6) is 5.75 Å². The SMILES string of the molecule is COc1ccccc1N(CCCC(=O)N(Cc1ccc(C)cc1)C(Cc1ccccc1)C(=O)NC(C)C)S(C)(=O)=O. The molecule has 3 rings (SSSR count). The van der Waals surface area contributed by atoms with Crippen molar-refractivity contribution in [1.29, 1.82) is 0 Å². The van der Waals surface area contributed by atoms with E-state index in [1.807, 2.05) is 75.4 Å². The van der Waals surface area contributed by atoms with Crippen LogP contribution in [0.1, 0.15) is 43.4 Å². The van der Waals surface area contributed by atoms with E-state index in [2.05, 4.69) is 5.32 Å². The van der Waals surface area contributed by atoms with Gasteiger partial charge in [-0.3, -0.25) is 13.9 Å². The van der Waals surface area contributed by atoms with Gasteiger partial charge in [-0.1, -0.05) is 72.3 Å². The fourth-order valence-electron chi connectivity index (χ4n) is 4.64. The zero-order valence-electron chi connectivity index (χ0n) is 24.5. The first-order valence-corrected chi connectivity index (χ1v) is 15.6.